The SMILES string of the molecule is CC(C#N)(Cc1cccc2ccccc12)N1CCCCCC1. The summed E-state index contributed by atoms with van der Waals surface area (Å²) in [5, 5.41) is 12.4. The van der Waals surface area contributed by atoms with Crippen molar-refractivity contribution in [1.29, 1.82) is 5.26 Å². The molecule has 2 aromatic carbocycles. The fourth-order valence-electron chi connectivity index (χ4n) is 3.60. The average molecular weight is 292 g/mol. The Morgan fingerprint density at radius 1 is 1.00 bits per heavy atom. The van der Waals surface area contributed by atoms with Crippen LogP contribution < -0.4 is 0 Å². The van der Waals surface area contributed by atoms with Gasteiger partial charge in [-0.2, -0.15) is 5.26 Å². The molecule has 0 N–H and O–H groups in total. The lowest BCUT2D eigenvalue weighted by Gasteiger charge is -2.35. The molecule has 0 saturated carbocycles. The molecular weight excluding hydrogens is 268 g/mol. The van der Waals surface area contributed by atoms with E-state index in [2.05, 4.69) is 60.4 Å². The van der Waals surface area contributed by atoms with Crippen LogP contribution in [-0.4, -0.2) is 23.5 Å². The molecule has 1 atom stereocenters. The topological polar surface area (TPSA) is 27.0 Å². The Bertz CT molecular complexity index is 672. The third-order valence-electron chi connectivity index (χ3n) is 4.96. The summed E-state index contributed by atoms with van der Waals surface area (Å²) in [6.45, 7) is 4.21. The quantitative estimate of drug-likeness (QED) is 0.830. The summed E-state index contributed by atoms with van der Waals surface area (Å²) in [4.78, 5) is 2.40. The minimum absolute atomic E-state index is 0.408. The van der Waals surface area contributed by atoms with E-state index < -0.39 is 5.54 Å². The lowest BCUT2D eigenvalue weighted by atomic mass is 9.89. The van der Waals surface area contributed by atoms with Crippen molar-refractivity contribution in [2.75, 3.05) is 13.1 Å². The molecule has 0 spiro atoms. The maximum absolute atomic E-state index is 9.87. The van der Waals surface area contributed by atoms with E-state index in [9.17, 15) is 5.26 Å². The fourth-order valence-corrected chi connectivity index (χ4v) is 3.60. The molecule has 0 amide bonds. The van der Waals surface area contributed by atoms with Crippen LogP contribution in [0.3, 0.4) is 0 Å². The van der Waals surface area contributed by atoms with Crippen LogP contribution in [0, 0.1) is 11.3 Å². The number of likely N-dealkylation sites (tertiary alicyclic amines) is 1. The van der Waals surface area contributed by atoms with Crippen LogP contribution >= 0.6 is 0 Å². The van der Waals surface area contributed by atoms with Gasteiger partial charge < -0.3 is 0 Å². The van der Waals surface area contributed by atoms with Crippen molar-refractivity contribution in [2.45, 2.75) is 44.6 Å². The highest BCUT2D eigenvalue weighted by Gasteiger charge is 2.32. The van der Waals surface area contributed by atoms with Gasteiger partial charge in [0.15, 0.2) is 0 Å². The molecule has 3 rings (SSSR count). The van der Waals surface area contributed by atoms with Crippen LogP contribution in [0.1, 0.15) is 38.2 Å². The highest BCUT2D eigenvalue weighted by molar-refractivity contribution is 5.85. The lowest BCUT2D eigenvalue weighted by Crippen LogP contribution is -2.47. The predicted molar refractivity (Wildman–Crippen MR) is 91.7 cm³/mol. The first kappa shape index (κ1) is 15.1. The maximum atomic E-state index is 9.87. The second-order valence-electron chi connectivity index (χ2n) is 6.60. The van der Waals surface area contributed by atoms with Gasteiger partial charge in [0.2, 0.25) is 0 Å². The molecule has 1 unspecified atom stereocenters. The van der Waals surface area contributed by atoms with Crippen LogP contribution in [-0.2, 0) is 6.42 Å². The van der Waals surface area contributed by atoms with Gasteiger partial charge in [0.1, 0.15) is 5.54 Å². The highest BCUT2D eigenvalue weighted by Crippen LogP contribution is 2.27. The van der Waals surface area contributed by atoms with E-state index in [1.165, 1.54) is 42.0 Å². The molecule has 2 heteroatoms. The Hall–Kier alpha value is -1.85. The van der Waals surface area contributed by atoms with Gasteiger partial charge in [-0.15, -0.1) is 0 Å². The molecule has 1 saturated heterocycles. The van der Waals surface area contributed by atoms with Crippen molar-refractivity contribution in [2.24, 2.45) is 0 Å². The zero-order chi connectivity index (χ0) is 15.4. The van der Waals surface area contributed by atoms with Crippen LogP contribution in [0.15, 0.2) is 42.5 Å². The highest BCUT2D eigenvalue weighted by atomic mass is 15.2. The second-order valence-corrected chi connectivity index (χ2v) is 6.60. The lowest BCUT2D eigenvalue weighted by molar-refractivity contribution is 0.158. The van der Waals surface area contributed by atoms with Gasteiger partial charge in [-0.25, -0.2) is 0 Å². The normalized spacial score (nSPS) is 19.3. The van der Waals surface area contributed by atoms with Crippen molar-refractivity contribution >= 4 is 10.8 Å². The van der Waals surface area contributed by atoms with E-state index in [1.807, 2.05) is 0 Å². The van der Waals surface area contributed by atoms with Gasteiger partial charge >= 0.3 is 0 Å². The molecule has 1 aliphatic rings. The molecule has 0 bridgehead atoms. The van der Waals surface area contributed by atoms with Crippen molar-refractivity contribution < 1.29 is 0 Å². The van der Waals surface area contributed by atoms with E-state index in [1.54, 1.807) is 0 Å². The zero-order valence-corrected chi connectivity index (χ0v) is 13.4. The predicted octanol–water partition coefficient (Wildman–Crippen LogP) is 4.54. The van der Waals surface area contributed by atoms with Gasteiger partial charge in [-0.05, 0) is 49.2 Å². The van der Waals surface area contributed by atoms with Gasteiger partial charge in [0.05, 0.1) is 6.07 Å². The molecule has 0 aliphatic carbocycles. The summed E-state index contributed by atoms with van der Waals surface area (Å²) < 4.78 is 0. The molecule has 114 valence electrons. The van der Waals surface area contributed by atoms with Crippen molar-refractivity contribution in [3.05, 3.63) is 48.0 Å². The van der Waals surface area contributed by atoms with E-state index in [-0.39, 0.29) is 0 Å². The minimum atomic E-state index is -0.408. The van der Waals surface area contributed by atoms with Crippen LogP contribution in [0.25, 0.3) is 10.8 Å². The molecule has 2 aromatic rings. The van der Waals surface area contributed by atoms with E-state index in [4.69, 9.17) is 0 Å². The third kappa shape index (κ3) is 3.00. The average Bonchev–Trinajstić information content (AvgIpc) is 2.85. The summed E-state index contributed by atoms with van der Waals surface area (Å²) in [7, 11) is 0. The standard InChI is InChI=1S/C20H24N2/c1-20(16-21,22-13-6-2-3-7-14-22)15-18-11-8-10-17-9-4-5-12-19(17)18/h4-5,8-12H,2-3,6-7,13-15H2,1H3. The molecule has 22 heavy (non-hydrogen) atoms. The van der Waals surface area contributed by atoms with Crippen LogP contribution in [0.4, 0.5) is 0 Å². The summed E-state index contributed by atoms with van der Waals surface area (Å²) >= 11 is 0. The zero-order valence-electron chi connectivity index (χ0n) is 13.4. The van der Waals surface area contributed by atoms with E-state index in [0.717, 1.165) is 19.5 Å². The van der Waals surface area contributed by atoms with Gasteiger partial charge in [-0.3, -0.25) is 4.90 Å². The smallest absolute Gasteiger partial charge is 0.110 e. The van der Waals surface area contributed by atoms with Crippen LogP contribution in [0.2, 0.25) is 0 Å². The first-order chi connectivity index (χ1) is 10.7. The number of hydrogen-bond donors (Lipinski definition) is 0. The third-order valence-corrected chi connectivity index (χ3v) is 4.96. The van der Waals surface area contributed by atoms with Gasteiger partial charge in [-0.1, -0.05) is 55.3 Å². The first-order valence-electron chi connectivity index (χ1n) is 8.36. The molecule has 1 fully saturated rings. The molecule has 0 radical (unpaired) electrons. The summed E-state index contributed by atoms with van der Waals surface area (Å²) in [5.41, 5.74) is 0.875. The summed E-state index contributed by atoms with van der Waals surface area (Å²) in [6, 6.07) is 17.5. The largest absolute Gasteiger partial charge is 0.285 e. The molecule has 1 heterocycles. The number of nitrogens with zero attached hydrogens (tertiary/aromatic N) is 2. The monoisotopic (exact) mass is 292 g/mol. The Kier molecular flexibility index (Phi) is 4.45. The molecular formula is C20H24N2. The Balaban J connectivity index is 1.92. The van der Waals surface area contributed by atoms with E-state index in [0.29, 0.717) is 0 Å². The minimum Gasteiger partial charge on any atom is -0.285 e. The number of rotatable bonds is 3. The number of benzene rings is 2. The molecule has 2 nitrogen and oxygen atoms in total. The van der Waals surface area contributed by atoms with Crippen molar-refractivity contribution in [3.8, 4) is 6.07 Å². The van der Waals surface area contributed by atoms with E-state index >= 15 is 0 Å². The Labute approximate surface area is 133 Å². The Morgan fingerprint density at radius 2 is 1.68 bits per heavy atom. The maximum Gasteiger partial charge on any atom is 0.110 e. The molecule has 0 aromatic heterocycles. The van der Waals surface area contributed by atoms with Crippen LogP contribution in [0.5, 0.6) is 0 Å². The first-order valence-corrected chi connectivity index (χ1v) is 8.36. The van der Waals surface area contributed by atoms with Crippen molar-refractivity contribution in [3.63, 3.8) is 0 Å². The second kappa shape index (κ2) is 6.50. The molecule has 1 aliphatic heterocycles. The van der Waals surface area contributed by atoms with Gasteiger partial charge in [0.25, 0.3) is 0 Å². The number of nitriles is 1. The number of fused-ring (bicyclic) bond motifs is 1. The summed E-state index contributed by atoms with van der Waals surface area (Å²) in [5.74, 6) is 0. The fraction of sp³-hybridized carbons (Fsp3) is 0.450. The Morgan fingerprint density at radius 3 is 2.41 bits per heavy atom. The summed E-state index contributed by atoms with van der Waals surface area (Å²) in [6.07, 6.45) is 5.82. The number of hydrogen-bond acceptors (Lipinski definition) is 2. The van der Waals surface area contributed by atoms with Gasteiger partial charge in [0, 0.05) is 6.42 Å². The van der Waals surface area contributed by atoms with Crippen molar-refractivity contribution in [1.82, 2.24) is 4.90 Å².